The van der Waals surface area contributed by atoms with Crippen molar-refractivity contribution in [3.63, 3.8) is 0 Å². The van der Waals surface area contributed by atoms with Gasteiger partial charge in [0.25, 0.3) is 0 Å². The Morgan fingerprint density at radius 2 is 2.27 bits per heavy atom. The molecule has 1 fully saturated rings. The van der Waals surface area contributed by atoms with Crippen molar-refractivity contribution in [1.82, 2.24) is 10.2 Å². The first-order valence-corrected chi connectivity index (χ1v) is 5.43. The summed E-state index contributed by atoms with van der Waals surface area (Å²) in [5.74, 6) is 0.898. The lowest BCUT2D eigenvalue weighted by Gasteiger charge is -2.23. The average molecular weight is 233 g/mol. The van der Waals surface area contributed by atoms with Gasteiger partial charge >= 0.3 is 0 Å². The van der Waals surface area contributed by atoms with Crippen molar-refractivity contribution >= 4 is 27.3 Å². The van der Waals surface area contributed by atoms with Crippen molar-refractivity contribution in [2.75, 3.05) is 0 Å². The minimum atomic E-state index is 0.898. The van der Waals surface area contributed by atoms with E-state index in [-0.39, 0.29) is 0 Å². The van der Waals surface area contributed by atoms with Gasteiger partial charge in [0.2, 0.25) is 0 Å². The van der Waals surface area contributed by atoms with Crippen LogP contribution in [-0.4, -0.2) is 10.2 Å². The van der Waals surface area contributed by atoms with Crippen molar-refractivity contribution in [1.29, 1.82) is 0 Å². The molecule has 2 rings (SSSR count). The van der Waals surface area contributed by atoms with Crippen LogP contribution in [0, 0.1) is 5.92 Å². The molecule has 1 aromatic rings. The molecular weight excluding hydrogens is 224 g/mol. The quantitative estimate of drug-likeness (QED) is 0.784. The molecule has 4 heteroatoms. The van der Waals surface area contributed by atoms with Crippen molar-refractivity contribution < 1.29 is 0 Å². The molecule has 1 heterocycles. The predicted molar refractivity (Wildman–Crippen MR) is 48.7 cm³/mol. The third-order valence-electron chi connectivity index (χ3n) is 2.13. The summed E-state index contributed by atoms with van der Waals surface area (Å²) in [6.45, 7) is 0. The largest absolute Gasteiger partial charge is 0.183 e. The van der Waals surface area contributed by atoms with E-state index < -0.39 is 0 Å². The molecule has 0 unspecified atom stereocenters. The summed E-state index contributed by atoms with van der Waals surface area (Å²) < 4.78 is 0.909. The monoisotopic (exact) mass is 232 g/mol. The average Bonchev–Trinajstić information content (AvgIpc) is 2.27. The van der Waals surface area contributed by atoms with E-state index in [0.29, 0.717) is 0 Å². The van der Waals surface area contributed by atoms with Gasteiger partial charge in [-0.1, -0.05) is 30.6 Å². The van der Waals surface area contributed by atoms with Crippen molar-refractivity contribution in [3.05, 3.63) is 8.92 Å². The molecule has 0 N–H and O–H groups in total. The third-order valence-corrected chi connectivity index (χ3v) is 3.51. The van der Waals surface area contributed by atoms with Gasteiger partial charge in [-0.3, -0.25) is 0 Å². The second-order valence-corrected chi connectivity index (χ2v) is 5.29. The van der Waals surface area contributed by atoms with E-state index >= 15 is 0 Å². The van der Waals surface area contributed by atoms with Gasteiger partial charge in [-0.2, -0.15) is 0 Å². The summed E-state index contributed by atoms with van der Waals surface area (Å²) in [5.41, 5.74) is 0. The van der Waals surface area contributed by atoms with Gasteiger partial charge in [-0.15, -0.1) is 10.2 Å². The molecule has 0 aliphatic heterocycles. The number of hydrogen-bond donors (Lipinski definition) is 0. The Bertz CT molecular complexity index is 244. The lowest BCUT2D eigenvalue weighted by molar-refractivity contribution is 0.313. The summed E-state index contributed by atoms with van der Waals surface area (Å²) in [5, 5.41) is 9.15. The minimum absolute atomic E-state index is 0.898. The molecular formula is C7H9BrN2S. The Labute approximate surface area is 78.2 Å². The van der Waals surface area contributed by atoms with Crippen LogP contribution in [0.4, 0.5) is 0 Å². The number of aromatic nitrogens is 2. The molecule has 0 aromatic carbocycles. The number of nitrogens with zero attached hydrogens (tertiary/aromatic N) is 2. The highest BCUT2D eigenvalue weighted by molar-refractivity contribution is 9.11. The van der Waals surface area contributed by atoms with Crippen LogP contribution in [0.25, 0.3) is 0 Å². The van der Waals surface area contributed by atoms with Crippen molar-refractivity contribution in [3.8, 4) is 0 Å². The van der Waals surface area contributed by atoms with Gasteiger partial charge in [0, 0.05) is 6.42 Å². The minimum Gasteiger partial charge on any atom is -0.143 e. The Kier molecular flexibility index (Phi) is 2.23. The van der Waals surface area contributed by atoms with Gasteiger partial charge in [0.1, 0.15) is 5.01 Å². The normalized spacial score (nSPS) is 18.3. The van der Waals surface area contributed by atoms with E-state index in [9.17, 15) is 0 Å². The molecule has 2 nitrogen and oxygen atoms in total. The Balaban J connectivity index is 1.95. The molecule has 1 saturated carbocycles. The van der Waals surface area contributed by atoms with Crippen LogP contribution in [0.5, 0.6) is 0 Å². The molecule has 0 saturated heterocycles. The number of rotatable bonds is 2. The topological polar surface area (TPSA) is 25.8 Å². The fourth-order valence-corrected chi connectivity index (χ4v) is 2.58. The van der Waals surface area contributed by atoms with E-state index in [0.717, 1.165) is 16.3 Å². The number of hydrogen-bond acceptors (Lipinski definition) is 3. The van der Waals surface area contributed by atoms with Crippen LogP contribution in [0.2, 0.25) is 0 Å². The van der Waals surface area contributed by atoms with Crippen LogP contribution in [0.15, 0.2) is 3.92 Å². The smallest absolute Gasteiger partial charge is 0.143 e. The molecule has 11 heavy (non-hydrogen) atoms. The number of halogens is 1. The summed E-state index contributed by atoms with van der Waals surface area (Å²) in [7, 11) is 0. The van der Waals surface area contributed by atoms with Crippen LogP contribution in [0.3, 0.4) is 0 Å². The van der Waals surface area contributed by atoms with Gasteiger partial charge in [0.05, 0.1) is 0 Å². The second-order valence-electron chi connectivity index (χ2n) is 2.95. The highest BCUT2D eigenvalue weighted by atomic mass is 79.9. The maximum atomic E-state index is 4.06. The molecule has 60 valence electrons. The van der Waals surface area contributed by atoms with Gasteiger partial charge in [0.15, 0.2) is 3.92 Å². The first-order chi connectivity index (χ1) is 5.34. The predicted octanol–water partition coefficient (Wildman–Crippen LogP) is 2.64. The maximum Gasteiger partial charge on any atom is 0.183 e. The fraction of sp³-hybridized carbons (Fsp3) is 0.714. The highest BCUT2D eigenvalue weighted by Gasteiger charge is 2.19. The zero-order valence-electron chi connectivity index (χ0n) is 6.09. The molecule has 0 radical (unpaired) electrons. The van der Waals surface area contributed by atoms with E-state index in [2.05, 4.69) is 26.1 Å². The van der Waals surface area contributed by atoms with E-state index in [1.807, 2.05) is 0 Å². The summed E-state index contributed by atoms with van der Waals surface area (Å²) in [6, 6.07) is 0. The zero-order chi connectivity index (χ0) is 7.68. The third kappa shape index (κ3) is 1.79. The van der Waals surface area contributed by atoms with Crippen molar-refractivity contribution in [2.24, 2.45) is 5.92 Å². The van der Waals surface area contributed by atoms with Crippen LogP contribution < -0.4 is 0 Å². The van der Waals surface area contributed by atoms with Crippen LogP contribution >= 0.6 is 27.3 Å². The van der Waals surface area contributed by atoms with Crippen LogP contribution in [-0.2, 0) is 6.42 Å². The summed E-state index contributed by atoms with van der Waals surface area (Å²) in [4.78, 5) is 0. The molecule has 0 bridgehead atoms. The Hall–Kier alpha value is 0.0400. The van der Waals surface area contributed by atoms with E-state index in [1.165, 1.54) is 24.3 Å². The first kappa shape index (κ1) is 7.68. The molecule has 0 amide bonds. The summed E-state index contributed by atoms with van der Waals surface area (Å²) >= 11 is 4.97. The van der Waals surface area contributed by atoms with E-state index in [1.54, 1.807) is 11.3 Å². The van der Waals surface area contributed by atoms with Crippen LogP contribution in [0.1, 0.15) is 24.3 Å². The standard InChI is InChI=1S/C7H9BrN2S/c8-7-10-9-6(11-7)4-5-2-1-3-5/h5H,1-4H2. The van der Waals surface area contributed by atoms with Crippen molar-refractivity contribution in [2.45, 2.75) is 25.7 Å². The lowest BCUT2D eigenvalue weighted by atomic mass is 9.83. The lowest BCUT2D eigenvalue weighted by Crippen LogP contribution is -2.13. The van der Waals surface area contributed by atoms with E-state index in [4.69, 9.17) is 0 Å². The van der Waals surface area contributed by atoms with Gasteiger partial charge in [-0.05, 0) is 21.8 Å². The molecule has 1 aromatic heterocycles. The highest BCUT2D eigenvalue weighted by Crippen LogP contribution is 2.31. The van der Waals surface area contributed by atoms with Gasteiger partial charge in [-0.25, -0.2) is 0 Å². The Morgan fingerprint density at radius 1 is 1.45 bits per heavy atom. The molecule has 0 atom stereocenters. The molecule has 1 aliphatic rings. The molecule has 1 aliphatic carbocycles. The van der Waals surface area contributed by atoms with Gasteiger partial charge < -0.3 is 0 Å². The maximum absolute atomic E-state index is 4.06. The first-order valence-electron chi connectivity index (χ1n) is 3.82. The summed E-state index contributed by atoms with van der Waals surface area (Å²) in [6.07, 6.45) is 5.32. The Morgan fingerprint density at radius 3 is 2.73 bits per heavy atom. The fourth-order valence-electron chi connectivity index (χ4n) is 1.26. The molecule has 0 spiro atoms. The second kappa shape index (κ2) is 3.19. The SMILES string of the molecule is Brc1nnc(CC2CCC2)s1. The zero-order valence-corrected chi connectivity index (χ0v) is 8.49.